The van der Waals surface area contributed by atoms with Gasteiger partial charge < -0.3 is 9.80 Å². The molecule has 4 rings (SSSR count). The average molecular weight is 454 g/mol. The molecule has 1 atom stereocenters. The summed E-state index contributed by atoms with van der Waals surface area (Å²) >= 11 is 0. The number of carbonyl (C=O) groups is 1. The molecule has 1 amide bonds. The molecule has 0 saturated carbocycles. The molecule has 0 aromatic heterocycles. The molecule has 2 fully saturated rings. The van der Waals surface area contributed by atoms with E-state index in [1.54, 1.807) is 6.08 Å². The van der Waals surface area contributed by atoms with Crippen molar-refractivity contribution in [3.8, 4) is 0 Å². The zero-order valence-corrected chi connectivity index (χ0v) is 19.3. The van der Waals surface area contributed by atoms with E-state index in [0.29, 0.717) is 32.5 Å². The summed E-state index contributed by atoms with van der Waals surface area (Å²) in [6, 6.07) is 19.6. The highest BCUT2D eigenvalue weighted by Gasteiger charge is 2.36. The molecule has 2 aromatic rings. The molecule has 0 spiro atoms. The number of sulfonamides is 1. The monoisotopic (exact) mass is 453 g/mol. The highest BCUT2D eigenvalue weighted by atomic mass is 32.2. The van der Waals surface area contributed by atoms with E-state index in [9.17, 15) is 13.2 Å². The molecular formula is C25H31N3O3S. The van der Waals surface area contributed by atoms with Crippen molar-refractivity contribution in [2.45, 2.75) is 18.9 Å². The van der Waals surface area contributed by atoms with Gasteiger partial charge in [-0.05, 0) is 37.1 Å². The van der Waals surface area contributed by atoms with Gasteiger partial charge in [0.15, 0.2) is 0 Å². The number of amides is 1. The zero-order valence-electron chi connectivity index (χ0n) is 18.5. The summed E-state index contributed by atoms with van der Waals surface area (Å²) in [5.41, 5.74) is 2.00. The smallest absolute Gasteiger partial charge is 0.236 e. The van der Waals surface area contributed by atoms with Gasteiger partial charge in [-0.2, -0.15) is 4.31 Å². The topological polar surface area (TPSA) is 60.9 Å². The predicted molar refractivity (Wildman–Crippen MR) is 127 cm³/mol. The Morgan fingerprint density at radius 1 is 0.906 bits per heavy atom. The van der Waals surface area contributed by atoms with Crippen molar-refractivity contribution < 1.29 is 13.2 Å². The van der Waals surface area contributed by atoms with Crippen LogP contribution < -0.4 is 0 Å². The van der Waals surface area contributed by atoms with Crippen LogP contribution in [-0.2, 0) is 14.8 Å². The Morgan fingerprint density at radius 3 is 2.19 bits per heavy atom. The SMILES string of the molecule is CN1CCN(C(=O)C2CCN(S(=O)(=O)/C=C/c3ccccc3)CC2)C(c2ccccc2)C1. The van der Waals surface area contributed by atoms with Crippen LogP contribution in [0.5, 0.6) is 0 Å². The average Bonchev–Trinajstić information content (AvgIpc) is 2.84. The van der Waals surface area contributed by atoms with E-state index < -0.39 is 10.0 Å². The molecule has 1 unspecified atom stereocenters. The lowest BCUT2D eigenvalue weighted by Gasteiger charge is -2.42. The summed E-state index contributed by atoms with van der Waals surface area (Å²) < 4.78 is 27.0. The fourth-order valence-electron chi connectivity index (χ4n) is 4.55. The molecule has 7 heteroatoms. The number of hydrogen-bond donors (Lipinski definition) is 0. The summed E-state index contributed by atoms with van der Waals surface area (Å²) in [6.45, 7) is 3.12. The first-order chi connectivity index (χ1) is 15.4. The number of piperazine rings is 1. The van der Waals surface area contributed by atoms with Gasteiger partial charge in [0.05, 0.1) is 6.04 Å². The van der Waals surface area contributed by atoms with Crippen molar-refractivity contribution in [2.24, 2.45) is 5.92 Å². The number of rotatable bonds is 5. The maximum atomic E-state index is 13.4. The van der Waals surface area contributed by atoms with Crippen molar-refractivity contribution in [2.75, 3.05) is 39.8 Å². The zero-order chi connectivity index (χ0) is 22.6. The Morgan fingerprint density at radius 2 is 1.53 bits per heavy atom. The lowest BCUT2D eigenvalue weighted by Crippen LogP contribution is -2.52. The van der Waals surface area contributed by atoms with E-state index in [1.165, 1.54) is 9.71 Å². The van der Waals surface area contributed by atoms with E-state index >= 15 is 0 Å². The number of piperidine rings is 1. The van der Waals surface area contributed by atoms with Crippen LogP contribution in [-0.4, -0.2) is 68.2 Å². The molecule has 170 valence electrons. The third kappa shape index (κ3) is 5.28. The molecule has 0 N–H and O–H groups in total. The van der Waals surface area contributed by atoms with Gasteiger partial charge in [-0.3, -0.25) is 4.79 Å². The fourth-order valence-corrected chi connectivity index (χ4v) is 5.77. The van der Waals surface area contributed by atoms with Gasteiger partial charge >= 0.3 is 0 Å². The molecule has 6 nitrogen and oxygen atoms in total. The van der Waals surface area contributed by atoms with Crippen LogP contribution in [0.15, 0.2) is 66.1 Å². The molecule has 0 bridgehead atoms. The van der Waals surface area contributed by atoms with Crippen LogP contribution in [0.2, 0.25) is 0 Å². The summed E-state index contributed by atoms with van der Waals surface area (Å²) in [5.74, 6) is 0.0259. The minimum atomic E-state index is -3.50. The van der Waals surface area contributed by atoms with Crippen LogP contribution >= 0.6 is 0 Å². The number of hydrogen-bond acceptors (Lipinski definition) is 4. The molecule has 0 radical (unpaired) electrons. The van der Waals surface area contributed by atoms with E-state index in [-0.39, 0.29) is 17.9 Å². The second-order valence-electron chi connectivity index (χ2n) is 8.65. The van der Waals surface area contributed by atoms with Crippen LogP contribution in [0, 0.1) is 5.92 Å². The Hall–Kier alpha value is -2.48. The van der Waals surface area contributed by atoms with Gasteiger partial charge in [0, 0.05) is 44.0 Å². The quantitative estimate of drug-likeness (QED) is 0.698. The third-order valence-electron chi connectivity index (χ3n) is 6.45. The minimum Gasteiger partial charge on any atom is -0.333 e. The largest absolute Gasteiger partial charge is 0.333 e. The highest BCUT2D eigenvalue weighted by molar-refractivity contribution is 7.92. The molecule has 2 aliphatic rings. The van der Waals surface area contributed by atoms with Crippen molar-refractivity contribution in [3.05, 3.63) is 77.2 Å². The molecular weight excluding hydrogens is 422 g/mol. The van der Waals surface area contributed by atoms with Crippen LogP contribution in [0.3, 0.4) is 0 Å². The van der Waals surface area contributed by atoms with Gasteiger partial charge in [0.2, 0.25) is 15.9 Å². The fraction of sp³-hybridized carbons (Fsp3) is 0.400. The van der Waals surface area contributed by atoms with Crippen molar-refractivity contribution in [1.82, 2.24) is 14.1 Å². The van der Waals surface area contributed by atoms with Gasteiger partial charge in [0.25, 0.3) is 0 Å². The number of carbonyl (C=O) groups excluding carboxylic acids is 1. The summed E-state index contributed by atoms with van der Waals surface area (Å²) in [5, 5.41) is 1.27. The van der Waals surface area contributed by atoms with Gasteiger partial charge in [-0.25, -0.2) is 8.42 Å². The lowest BCUT2D eigenvalue weighted by atomic mass is 9.94. The lowest BCUT2D eigenvalue weighted by molar-refractivity contribution is -0.141. The molecule has 0 aliphatic carbocycles. The van der Waals surface area contributed by atoms with Crippen LogP contribution in [0.4, 0.5) is 0 Å². The van der Waals surface area contributed by atoms with Gasteiger partial charge in [-0.15, -0.1) is 0 Å². The third-order valence-corrected chi connectivity index (χ3v) is 8.01. The maximum Gasteiger partial charge on any atom is 0.236 e. The van der Waals surface area contributed by atoms with Crippen LogP contribution in [0.1, 0.15) is 30.0 Å². The van der Waals surface area contributed by atoms with Crippen molar-refractivity contribution in [1.29, 1.82) is 0 Å². The molecule has 2 heterocycles. The normalized spacial score (nSPS) is 21.8. The second-order valence-corrected chi connectivity index (χ2v) is 10.5. The molecule has 2 saturated heterocycles. The summed E-state index contributed by atoms with van der Waals surface area (Å²) in [4.78, 5) is 17.7. The first kappa shape index (κ1) is 22.7. The highest BCUT2D eigenvalue weighted by Crippen LogP contribution is 2.30. The van der Waals surface area contributed by atoms with Crippen LogP contribution in [0.25, 0.3) is 6.08 Å². The second kappa shape index (κ2) is 9.98. The minimum absolute atomic E-state index is 0.0398. The first-order valence-electron chi connectivity index (χ1n) is 11.2. The molecule has 2 aliphatic heterocycles. The van der Waals surface area contributed by atoms with E-state index in [1.807, 2.05) is 53.4 Å². The summed E-state index contributed by atoms with van der Waals surface area (Å²) in [7, 11) is -1.41. The molecule has 2 aromatic carbocycles. The summed E-state index contributed by atoms with van der Waals surface area (Å²) in [6.07, 6.45) is 2.75. The number of likely N-dealkylation sites (N-methyl/N-ethyl adjacent to an activating group) is 1. The number of nitrogens with zero attached hydrogens (tertiary/aromatic N) is 3. The number of benzene rings is 2. The first-order valence-corrected chi connectivity index (χ1v) is 12.7. The van der Waals surface area contributed by atoms with Gasteiger partial charge in [0.1, 0.15) is 0 Å². The van der Waals surface area contributed by atoms with Crippen molar-refractivity contribution >= 4 is 22.0 Å². The van der Waals surface area contributed by atoms with E-state index in [4.69, 9.17) is 0 Å². The standard InChI is InChI=1S/C25H31N3O3S/c1-26-17-18-28(24(20-26)22-10-6-3-7-11-22)25(29)23-12-15-27(16-13-23)32(30,31)19-14-21-8-4-2-5-9-21/h2-11,14,19,23-24H,12-13,15-18,20H2,1H3/b19-14+. The Bertz CT molecular complexity index is 1030. The predicted octanol–water partition coefficient (Wildman–Crippen LogP) is 3.21. The molecule has 32 heavy (non-hydrogen) atoms. The Kier molecular flexibility index (Phi) is 7.08. The van der Waals surface area contributed by atoms with E-state index in [0.717, 1.165) is 24.2 Å². The Balaban J connectivity index is 1.40. The maximum absolute atomic E-state index is 13.4. The van der Waals surface area contributed by atoms with Crippen molar-refractivity contribution in [3.63, 3.8) is 0 Å². The van der Waals surface area contributed by atoms with Gasteiger partial charge in [-0.1, -0.05) is 60.7 Å². The Labute approximate surface area is 191 Å². The van der Waals surface area contributed by atoms with E-state index in [2.05, 4.69) is 24.1 Å².